The molecule has 0 bridgehead atoms. The van der Waals surface area contributed by atoms with Gasteiger partial charge in [0.15, 0.2) is 0 Å². The van der Waals surface area contributed by atoms with Crippen LogP contribution in [-0.4, -0.2) is 22.8 Å². The summed E-state index contributed by atoms with van der Waals surface area (Å²) in [4.78, 5) is 14.2. The molecule has 0 spiro atoms. The first kappa shape index (κ1) is 15.9. The van der Waals surface area contributed by atoms with Crippen LogP contribution in [0.3, 0.4) is 0 Å². The van der Waals surface area contributed by atoms with E-state index in [0.29, 0.717) is 11.6 Å². The number of halogens is 1. The first-order valence-electron chi connectivity index (χ1n) is 6.11. The number of amides is 1. The number of rotatable bonds is 5. The van der Waals surface area contributed by atoms with E-state index < -0.39 is 5.92 Å². The quantitative estimate of drug-likeness (QED) is 0.850. The lowest BCUT2D eigenvalue weighted by Crippen LogP contribution is -2.41. The highest BCUT2D eigenvalue weighted by molar-refractivity contribution is 7.80. The molecule has 0 aliphatic heterocycles. The summed E-state index contributed by atoms with van der Waals surface area (Å²) in [6.45, 7) is 4.37. The van der Waals surface area contributed by atoms with Crippen LogP contribution in [0.15, 0.2) is 24.3 Å². The van der Waals surface area contributed by atoms with Gasteiger partial charge in [-0.05, 0) is 23.6 Å². The normalized spacial score (nSPS) is 12.3. The summed E-state index contributed by atoms with van der Waals surface area (Å²) in [6, 6.07) is 7.44. The standard InChI is InChI=1S/C14H19ClN2OS/c1-9(2)12(13(16)19)14(18)17(3)8-10-5-4-6-11(15)7-10/h4-7,9,12H,8H2,1-3H3,(H2,16,19). The fraction of sp³-hybridized carbons (Fsp3) is 0.429. The van der Waals surface area contributed by atoms with Crippen LogP contribution in [0, 0.1) is 11.8 Å². The van der Waals surface area contributed by atoms with Gasteiger partial charge in [0.25, 0.3) is 0 Å². The zero-order valence-electron chi connectivity index (χ0n) is 11.4. The van der Waals surface area contributed by atoms with E-state index in [-0.39, 0.29) is 16.8 Å². The van der Waals surface area contributed by atoms with E-state index >= 15 is 0 Å². The Morgan fingerprint density at radius 1 is 1.47 bits per heavy atom. The minimum atomic E-state index is -0.417. The van der Waals surface area contributed by atoms with Crippen molar-refractivity contribution in [2.45, 2.75) is 20.4 Å². The fourth-order valence-electron chi connectivity index (χ4n) is 1.96. The highest BCUT2D eigenvalue weighted by atomic mass is 35.5. The SMILES string of the molecule is CC(C)C(C(=O)N(C)Cc1cccc(Cl)c1)C(N)=S. The molecule has 0 radical (unpaired) electrons. The van der Waals surface area contributed by atoms with Crippen molar-refractivity contribution >= 4 is 34.7 Å². The van der Waals surface area contributed by atoms with Gasteiger partial charge >= 0.3 is 0 Å². The van der Waals surface area contributed by atoms with E-state index in [1.807, 2.05) is 32.0 Å². The molecule has 1 rings (SSSR count). The number of carbonyl (C=O) groups is 1. The molecule has 0 fully saturated rings. The summed E-state index contributed by atoms with van der Waals surface area (Å²) in [5, 5.41) is 0.660. The van der Waals surface area contributed by atoms with Gasteiger partial charge in [0, 0.05) is 18.6 Å². The summed E-state index contributed by atoms with van der Waals surface area (Å²) in [5.74, 6) is -0.381. The van der Waals surface area contributed by atoms with Gasteiger partial charge in [-0.15, -0.1) is 0 Å². The Bertz CT molecular complexity index is 476. The molecule has 19 heavy (non-hydrogen) atoms. The maximum Gasteiger partial charge on any atom is 0.232 e. The van der Waals surface area contributed by atoms with Gasteiger partial charge < -0.3 is 10.6 Å². The van der Waals surface area contributed by atoms with Gasteiger partial charge in [-0.25, -0.2) is 0 Å². The summed E-state index contributed by atoms with van der Waals surface area (Å²) >= 11 is 10.9. The van der Waals surface area contributed by atoms with Crippen molar-refractivity contribution < 1.29 is 4.79 Å². The third-order valence-electron chi connectivity index (χ3n) is 2.92. The van der Waals surface area contributed by atoms with Crippen molar-refractivity contribution in [2.24, 2.45) is 17.6 Å². The first-order chi connectivity index (χ1) is 8.82. The van der Waals surface area contributed by atoms with Crippen LogP contribution in [-0.2, 0) is 11.3 Å². The number of nitrogens with zero attached hydrogens (tertiary/aromatic N) is 1. The van der Waals surface area contributed by atoms with E-state index in [2.05, 4.69) is 0 Å². The second-order valence-electron chi connectivity index (χ2n) is 4.95. The number of nitrogens with two attached hydrogens (primary N) is 1. The van der Waals surface area contributed by atoms with Crippen LogP contribution in [0.4, 0.5) is 0 Å². The minimum Gasteiger partial charge on any atom is -0.393 e. The van der Waals surface area contributed by atoms with E-state index in [4.69, 9.17) is 29.6 Å². The molecule has 0 saturated carbocycles. The molecule has 1 aromatic rings. The summed E-state index contributed by atoms with van der Waals surface area (Å²) in [5.41, 5.74) is 6.64. The monoisotopic (exact) mass is 298 g/mol. The highest BCUT2D eigenvalue weighted by Gasteiger charge is 2.27. The molecule has 1 atom stereocenters. The Morgan fingerprint density at radius 2 is 2.11 bits per heavy atom. The topological polar surface area (TPSA) is 46.3 Å². The third kappa shape index (κ3) is 4.48. The average molecular weight is 299 g/mol. The van der Waals surface area contributed by atoms with Gasteiger partial charge in [-0.2, -0.15) is 0 Å². The predicted molar refractivity (Wildman–Crippen MR) is 83.0 cm³/mol. The van der Waals surface area contributed by atoms with Crippen LogP contribution in [0.2, 0.25) is 5.02 Å². The maximum atomic E-state index is 12.3. The van der Waals surface area contributed by atoms with Crippen molar-refractivity contribution in [2.75, 3.05) is 7.05 Å². The van der Waals surface area contributed by atoms with Gasteiger partial charge in [0.1, 0.15) is 0 Å². The highest BCUT2D eigenvalue weighted by Crippen LogP contribution is 2.17. The second-order valence-corrected chi connectivity index (χ2v) is 5.86. The Morgan fingerprint density at radius 3 is 2.58 bits per heavy atom. The van der Waals surface area contributed by atoms with Crippen LogP contribution < -0.4 is 5.73 Å². The molecule has 0 aromatic heterocycles. The molecule has 1 unspecified atom stereocenters. The van der Waals surface area contributed by atoms with Crippen molar-refractivity contribution in [1.82, 2.24) is 4.90 Å². The van der Waals surface area contributed by atoms with Crippen molar-refractivity contribution in [3.8, 4) is 0 Å². The van der Waals surface area contributed by atoms with Crippen LogP contribution in [0.5, 0.6) is 0 Å². The van der Waals surface area contributed by atoms with Crippen molar-refractivity contribution in [1.29, 1.82) is 0 Å². The van der Waals surface area contributed by atoms with Gasteiger partial charge in [0.2, 0.25) is 5.91 Å². The Balaban J connectivity index is 2.79. The molecular formula is C14H19ClN2OS. The molecule has 0 heterocycles. The zero-order valence-corrected chi connectivity index (χ0v) is 13.0. The fourth-order valence-corrected chi connectivity index (χ4v) is 2.55. The zero-order chi connectivity index (χ0) is 14.6. The average Bonchev–Trinajstić information content (AvgIpc) is 2.27. The van der Waals surface area contributed by atoms with Crippen molar-refractivity contribution in [3.05, 3.63) is 34.9 Å². The number of thiocarbonyl (C=S) groups is 1. The van der Waals surface area contributed by atoms with Crippen LogP contribution in [0.1, 0.15) is 19.4 Å². The predicted octanol–water partition coefficient (Wildman–Crippen LogP) is 2.86. The molecule has 5 heteroatoms. The Labute approximate surface area is 124 Å². The maximum absolute atomic E-state index is 12.3. The second kappa shape index (κ2) is 6.87. The van der Waals surface area contributed by atoms with Gasteiger partial charge in [-0.1, -0.05) is 49.8 Å². The molecule has 0 saturated heterocycles. The van der Waals surface area contributed by atoms with Crippen molar-refractivity contribution in [3.63, 3.8) is 0 Å². The minimum absolute atomic E-state index is 0.0533. The lowest BCUT2D eigenvalue weighted by molar-refractivity contribution is -0.133. The smallest absolute Gasteiger partial charge is 0.232 e. The largest absolute Gasteiger partial charge is 0.393 e. The van der Waals surface area contributed by atoms with Gasteiger partial charge in [-0.3, -0.25) is 4.79 Å². The number of carbonyl (C=O) groups excluding carboxylic acids is 1. The van der Waals surface area contributed by atoms with E-state index in [0.717, 1.165) is 5.56 Å². The Hall–Kier alpha value is -1.13. The van der Waals surface area contributed by atoms with E-state index in [1.54, 1.807) is 18.0 Å². The molecular weight excluding hydrogens is 280 g/mol. The van der Waals surface area contributed by atoms with E-state index in [1.165, 1.54) is 0 Å². The van der Waals surface area contributed by atoms with E-state index in [9.17, 15) is 4.79 Å². The molecule has 2 N–H and O–H groups in total. The molecule has 104 valence electrons. The molecule has 3 nitrogen and oxygen atoms in total. The lowest BCUT2D eigenvalue weighted by Gasteiger charge is -2.25. The molecule has 0 aliphatic carbocycles. The van der Waals surface area contributed by atoms with Crippen LogP contribution in [0.25, 0.3) is 0 Å². The molecule has 0 aliphatic rings. The molecule has 1 amide bonds. The van der Waals surface area contributed by atoms with Crippen LogP contribution >= 0.6 is 23.8 Å². The number of hydrogen-bond acceptors (Lipinski definition) is 2. The Kier molecular flexibility index (Phi) is 5.76. The molecule has 1 aromatic carbocycles. The lowest BCUT2D eigenvalue weighted by atomic mass is 9.94. The van der Waals surface area contributed by atoms with Gasteiger partial charge in [0.05, 0.1) is 10.9 Å². The number of benzene rings is 1. The summed E-state index contributed by atoms with van der Waals surface area (Å²) in [7, 11) is 1.75. The summed E-state index contributed by atoms with van der Waals surface area (Å²) < 4.78 is 0. The first-order valence-corrected chi connectivity index (χ1v) is 6.90. The third-order valence-corrected chi connectivity index (χ3v) is 3.41. The summed E-state index contributed by atoms with van der Waals surface area (Å²) in [6.07, 6.45) is 0. The number of hydrogen-bond donors (Lipinski definition) is 1.